The van der Waals surface area contributed by atoms with Crippen molar-refractivity contribution < 1.29 is 47.5 Å². The smallest absolute Gasteiger partial charge is 0.306 e. The normalized spacial score (nSPS) is 46.2. The minimum Gasteiger partial charge on any atom is -0.462 e. The van der Waals surface area contributed by atoms with Crippen LogP contribution >= 0.6 is 0 Å². The van der Waals surface area contributed by atoms with Crippen LogP contribution in [0.4, 0.5) is 0 Å². The Labute approximate surface area is 324 Å². The number of esters is 1. The minimum absolute atomic E-state index is 0.0364. The summed E-state index contributed by atoms with van der Waals surface area (Å²) in [6, 6.07) is 0.566. The largest absolute Gasteiger partial charge is 0.462 e. The fraction of sp³-hybridized carbons (Fsp3) is 0.905. The van der Waals surface area contributed by atoms with Crippen LogP contribution in [0.15, 0.2) is 11.6 Å². The lowest BCUT2D eigenvalue weighted by molar-refractivity contribution is -0.314. The number of fused-ring (bicyclic) bond motifs is 5. The van der Waals surface area contributed by atoms with Gasteiger partial charge in [-0.1, -0.05) is 19.9 Å². The summed E-state index contributed by atoms with van der Waals surface area (Å²) in [5.74, 6) is 0.274. The number of nitrogens with one attached hydrogen (secondary N) is 1. The van der Waals surface area contributed by atoms with E-state index in [0.29, 0.717) is 18.4 Å². The van der Waals surface area contributed by atoms with Crippen molar-refractivity contribution in [3.8, 4) is 0 Å². The Morgan fingerprint density at radius 3 is 2.20 bits per heavy atom. The molecule has 308 valence electrons. The first-order valence-electron chi connectivity index (χ1n) is 20.9. The molecule has 5 fully saturated rings. The summed E-state index contributed by atoms with van der Waals surface area (Å²) in [5, 5.41) is 3.64. The lowest BCUT2D eigenvalue weighted by atomic mass is 9.64. The molecule has 2 saturated carbocycles. The van der Waals surface area contributed by atoms with Crippen LogP contribution in [0, 0.1) is 35.5 Å². The first kappa shape index (κ1) is 42.1. The van der Waals surface area contributed by atoms with Crippen molar-refractivity contribution in [2.75, 3.05) is 42.5 Å². The Bertz CT molecular complexity index is 1300. The molecule has 6 rings (SSSR count). The fourth-order valence-electron chi connectivity index (χ4n) is 11.3. The number of carbonyl (C=O) groups is 2. The van der Waals surface area contributed by atoms with Crippen LogP contribution in [0.3, 0.4) is 0 Å². The second-order valence-corrected chi connectivity index (χ2v) is 17.3. The SMILES string of the molecule is CC[C@H]1CCC[C@H](O[C@H]2CC[C@H](N(C)C)C(C)O2)[C@@H](C)C(=O)C2=C[C@@H]3[C@@H](C[C@@H](NC)[C@@H]4C[C@@H](O[C@@H]5OC(C)[C@H](OC)C(OC)C5OC)C[C@@H]34)[C@@H]2CC(=O)O1. The van der Waals surface area contributed by atoms with E-state index in [9.17, 15) is 9.59 Å². The Morgan fingerprint density at radius 1 is 0.833 bits per heavy atom. The summed E-state index contributed by atoms with van der Waals surface area (Å²) < 4.78 is 49.9. The zero-order valence-corrected chi connectivity index (χ0v) is 34.6. The van der Waals surface area contributed by atoms with E-state index in [0.717, 1.165) is 56.9 Å². The van der Waals surface area contributed by atoms with Gasteiger partial charge in [-0.2, -0.15) is 0 Å². The summed E-state index contributed by atoms with van der Waals surface area (Å²) in [7, 11) is 11.2. The van der Waals surface area contributed by atoms with Crippen molar-refractivity contribution in [3.05, 3.63) is 11.6 Å². The molecule has 0 aromatic carbocycles. The van der Waals surface area contributed by atoms with Gasteiger partial charge in [-0.15, -0.1) is 0 Å². The van der Waals surface area contributed by atoms with E-state index < -0.39 is 12.4 Å². The van der Waals surface area contributed by atoms with E-state index in [1.165, 1.54) is 0 Å². The van der Waals surface area contributed by atoms with Crippen molar-refractivity contribution >= 4 is 11.8 Å². The molecule has 3 aliphatic carbocycles. The molecular formula is C42H70N2O10. The van der Waals surface area contributed by atoms with Gasteiger partial charge in [0.25, 0.3) is 0 Å². The van der Waals surface area contributed by atoms with Gasteiger partial charge >= 0.3 is 5.97 Å². The van der Waals surface area contributed by atoms with Crippen molar-refractivity contribution in [1.82, 2.24) is 10.2 Å². The standard InChI is InChI=1S/C42H70N2O10/c1-11-25-13-12-14-35(54-37-16-15-34(44(6)7)23(3)50-37)22(2)38(46)32-19-28-27-17-26(53-42-41(49-10)40(48-9)39(47-8)24(4)51-42)18-31(27)33(43-5)20-29(28)30(32)21-36(45)52-25/h19,22-31,33-35,37,39-43H,11-18,20-21H2,1-10H3/t22-,23?,24?,25+,26+,27+,28+,29-,30+,31-,33-,34+,35+,37+,39+,40?,41?,42+/m1/s1. The van der Waals surface area contributed by atoms with Crippen LogP contribution in [-0.4, -0.2) is 133 Å². The zero-order valence-electron chi connectivity index (χ0n) is 34.6. The van der Waals surface area contributed by atoms with E-state index in [4.69, 9.17) is 37.9 Å². The topological polar surface area (TPSA) is 123 Å². The molecule has 54 heavy (non-hydrogen) atoms. The maximum atomic E-state index is 14.8. The van der Waals surface area contributed by atoms with Crippen molar-refractivity contribution in [2.45, 2.75) is 165 Å². The van der Waals surface area contributed by atoms with Gasteiger partial charge in [-0.3, -0.25) is 9.59 Å². The van der Waals surface area contributed by atoms with Gasteiger partial charge in [-0.05, 0) is 122 Å². The first-order chi connectivity index (χ1) is 25.9. The number of allylic oxidation sites excluding steroid dienone is 2. The number of ether oxygens (including phenoxy) is 8. The lowest BCUT2D eigenvalue weighted by Crippen LogP contribution is -2.59. The monoisotopic (exact) mass is 763 g/mol. The molecule has 6 aliphatic rings. The number of ketones is 1. The average molecular weight is 763 g/mol. The predicted molar refractivity (Wildman–Crippen MR) is 203 cm³/mol. The van der Waals surface area contributed by atoms with Gasteiger partial charge in [0.05, 0.1) is 30.8 Å². The molecule has 12 nitrogen and oxygen atoms in total. The Hall–Kier alpha value is -1.48. The molecule has 0 aromatic heterocycles. The minimum atomic E-state index is -0.599. The van der Waals surface area contributed by atoms with E-state index in [2.05, 4.69) is 44.2 Å². The molecule has 12 heteroatoms. The van der Waals surface area contributed by atoms with Crippen molar-refractivity contribution in [2.24, 2.45) is 35.5 Å². The van der Waals surface area contributed by atoms with Crippen LogP contribution in [0.5, 0.6) is 0 Å². The quantitative estimate of drug-likeness (QED) is 0.305. The summed E-state index contributed by atoms with van der Waals surface area (Å²) >= 11 is 0. The van der Waals surface area contributed by atoms with E-state index >= 15 is 0 Å². The van der Waals surface area contributed by atoms with Gasteiger partial charge in [0.2, 0.25) is 0 Å². The number of Topliss-reactive ketones (excluding diaryl/α,β-unsaturated/α-hetero) is 1. The van der Waals surface area contributed by atoms with Crippen LogP contribution in [0.2, 0.25) is 0 Å². The highest BCUT2D eigenvalue weighted by atomic mass is 16.7. The number of likely N-dealkylation sites (N-methyl/N-ethyl adjacent to an activating group) is 1. The summed E-state index contributed by atoms with van der Waals surface area (Å²) in [4.78, 5) is 30.7. The third kappa shape index (κ3) is 8.67. The Morgan fingerprint density at radius 2 is 1.56 bits per heavy atom. The molecule has 0 aromatic rings. The Balaban J connectivity index is 1.24. The number of hydrogen-bond acceptors (Lipinski definition) is 12. The molecule has 3 aliphatic heterocycles. The lowest BCUT2D eigenvalue weighted by Gasteiger charge is -2.44. The molecule has 3 heterocycles. The number of cyclic esters (lactones) is 1. The molecule has 0 amide bonds. The molecular weight excluding hydrogens is 692 g/mol. The second kappa shape index (κ2) is 18.4. The number of hydrogen-bond donors (Lipinski definition) is 1. The van der Waals surface area contributed by atoms with Crippen LogP contribution in [0.1, 0.15) is 91.9 Å². The summed E-state index contributed by atoms with van der Waals surface area (Å²) in [6.07, 6.45) is 7.19. The summed E-state index contributed by atoms with van der Waals surface area (Å²) in [6.45, 7) is 8.20. The first-order valence-corrected chi connectivity index (χ1v) is 20.9. The maximum absolute atomic E-state index is 14.8. The zero-order chi connectivity index (χ0) is 38.8. The average Bonchev–Trinajstić information content (AvgIpc) is 3.73. The van der Waals surface area contributed by atoms with Gasteiger partial charge < -0.3 is 48.1 Å². The van der Waals surface area contributed by atoms with E-state index in [1.807, 2.05) is 20.9 Å². The van der Waals surface area contributed by atoms with Gasteiger partial charge in [0, 0.05) is 45.2 Å². The third-order valence-electron chi connectivity index (χ3n) is 14.2. The fourth-order valence-corrected chi connectivity index (χ4v) is 11.3. The molecule has 3 saturated heterocycles. The van der Waals surface area contributed by atoms with Gasteiger partial charge in [0.15, 0.2) is 18.4 Å². The van der Waals surface area contributed by atoms with Crippen LogP contribution < -0.4 is 5.32 Å². The molecule has 18 atom stereocenters. The highest BCUT2D eigenvalue weighted by Gasteiger charge is 2.56. The molecule has 1 N–H and O–H groups in total. The molecule has 0 spiro atoms. The molecule has 0 bridgehead atoms. The molecule has 0 radical (unpaired) electrons. The Kier molecular flexibility index (Phi) is 14.4. The number of carbonyl (C=O) groups excluding carboxylic acids is 2. The van der Waals surface area contributed by atoms with Crippen molar-refractivity contribution in [1.29, 1.82) is 0 Å². The maximum Gasteiger partial charge on any atom is 0.306 e. The van der Waals surface area contributed by atoms with E-state index in [1.54, 1.807) is 21.3 Å². The van der Waals surface area contributed by atoms with Crippen LogP contribution in [-0.2, 0) is 47.5 Å². The number of methoxy groups -OCH3 is 3. The second-order valence-electron chi connectivity index (χ2n) is 17.3. The van der Waals surface area contributed by atoms with Gasteiger partial charge in [0.1, 0.15) is 24.4 Å². The number of rotatable bonds is 10. The van der Waals surface area contributed by atoms with Gasteiger partial charge in [-0.25, -0.2) is 0 Å². The highest BCUT2D eigenvalue weighted by molar-refractivity contribution is 5.99. The predicted octanol–water partition coefficient (Wildman–Crippen LogP) is 4.91. The third-order valence-corrected chi connectivity index (χ3v) is 14.2. The highest BCUT2D eigenvalue weighted by Crippen LogP contribution is 2.57. The summed E-state index contributed by atoms with van der Waals surface area (Å²) in [5.41, 5.74) is 0.791. The molecule has 4 unspecified atom stereocenters. The number of nitrogens with zero attached hydrogens (tertiary/aromatic N) is 1. The van der Waals surface area contributed by atoms with Crippen molar-refractivity contribution in [3.63, 3.8) is 0 Å². The van der Waals surface area contributed by atoms with Crippen LogP contribution in [0.25, 0.3) is 0 Å². The van der Waals surface area contributed by atoms with E-state index in [-0.39, 0.29) is 103 Å².